The molecule has 1 heterocycles. The maximum atomic E-state index is 12.9. The molecule has 1 aliphatic heterocycles. The van der Waals surface area contributed by atoms with Crippen molar-refractivity contribution in [3.63, 3.8) is 0 Å². The van der Waals surface area contributed by atoms with Gasteiger partial charge < -0.3 is 4.74 Å². The van der Waals surface area contributed by atoms with E-state index in [0.29, 0.717) is 22.4 Å². The summed E-state index contributed by atoms with van der Waals surface area (Å²) in [5.41, 5.74) is 3.01. The van der Waals surface area contributed by atoms with E-state index >= 15 is 0 Å². The number of hydrogen-bond donors (Lipinski definition) is 0. The van der Waals surface area contributed by atoms with Gasteiger partial charge in [-0.25, -0.2) is 0 Å². The number of carbonyl (C=O) groups excluding carboxylic acids is 1. The predicted octanol–water partition coefficient (Wildman–Crippen LogP) is 5.67. The molecule has 0 N–H and O–H groups in total. The maximum Gasteiger partial charge on any atom is 0.266 e. The zero-order valence-corrected chi connectivity index (χ0v) is 17.3. The average molecular weight is 418 g/mol. The summed E-state index contributed by atoms with van der Waals surface area (Å²) in [5, 5.41) is 0. The maximum absolute atomic E-state index is 12.9. The normalized spacial score (nSPS) is 15.2. The summed E-state index contributed by atoms with van der Waals surface area (Å²) < 4.78 is 6.58. The lowest BCUT2D eigenvalue weighted by molar-refractivity contribution is -0.122. The largest absolute Gasteiger partial charge is 0.488 e. The van der Waals surface area contributed by atoms with Gasteiger partial charge in [0.05, 0.1) is 11.4 Å². The van der Waals surface area contributed by atoms with Gasteiger partial charge in [0.25, 0.3) is 5.91 Å². The second-order valence-corrected chi connectivity index (χ2v) is 8.24. The molecule has 29 heavy (non-hydrogen) atoms. The first kappa shape index (κ1) is 19.4. The van der Waals surface area contributed by atoms with Gasteiger partial charge >= 0.3 is 0 Å². The van der Waals surface area contributed by atoms with E-state index in [0.717, 1.165) is 22.4 Å². The number of para-hydroxylation sites is 1. The Morgan fingerprint density at radius 3 is 2.21 bits per heavy atom. The van der Waals surface area contributed by atoms with Gasteiger partial charge in [0.2, 0.25) is 0 Å². The second kappa shape index (κ2) is 9.07. The first-order valence-corrected chi connectivity index (χ1v) is 10.5. The van der Waals surface area contributed by atoms with Crippen LogP contribution in [0.15, 0.2) is 89.8 Å². The smallest absolute Gasteiger partial charge is 0.266 e. The Balaban J connectivity index is 1.52. The fraction of sp³-hybridized carbons (Fsp3) is 0.0833. The first-order chi connectivity index (χ1) is 14.2. The highest BCUT2D eigenvalue weighted by atomic mass is 32.2. The summed E-state index contributed by atoms with van der Waals surface area (Å²) in [4.78, 5) is 15.2. The van der Waals surface area contributed by atoms with Crippen molar-refractivity contribution in [1.29, 1.82) is 0 Å². The lowest BCUT2D eigenvalue weighted by Gasteiger charge is -2.14. The van der Waals surface area contributed by atoms with Crippen LogP contribution < -0.4 is 4.74 Å². The van der Waals surface area contributed by atoms with E-state index in [-0.39, 0.29) is 5.91 Å². The second-order valence-electron chi connectivity index (χ2n) is 6.57. The Bertz CT molecular complexity index is 1050. The monoisotopic (exact) mass is 417 g/mol. The summed E-state index contributed by atoms with van der Waals surface area (Å²) in [6.45, 7) is 0.954. The van der Waals surface area contributed by atoms with Crippen molar-refractivity contribution >= 4 is 40.3 Å². The third-order valence-electron chi connectivity index (χ3n) is 4.50. The molecule has 4 rings (SSSR count). The van der Waals surface area contributed by atoms with Crippen LogP contribution in [0.4, 0.5) is 0 Å². The molecule has 0 atom stereocenters. The minimum atomic E-state index is -0.0679. The van der Waals surface area contributed by atoms with Crippen molar-refractivity contribution in [1.82, 2.24) is 4.90 Å². The van der Waals surface area contributed by atoms with Gasteiger partial charge in [-0.3, -0.25) is 9.69 Å². The quantitative estimate of drug-likeness (QED) is 0.382. The summed E-state index contributed by atoms with van der Waals surface area (Å²) >= 11 is 6.79. The number of thiocarbonyl (C=S) groups is 1. The summed E-state index contributed by atoms with van der Waals surface area (Å²) in [6.07, 6.45) is 1.87. The molecule has 0 saturated carbocycles. The van der Waals surface area contributed by atoms with E-state index < -0.39 is 0 Å². The van der Waals surface area contributed by atoms with Crippen LogP contribution in [0.25, 0.3) is 6.08 Å². The molecule has 0 aromatic heterocycles. The molecule has 0 unspecified atom stereocenters. The van der Waals surface area contributed by atoms with Gasteiger partial charge in [-0.2, -0.15) is 0 Å². The Morgan fingerprint density at radius 1 is 0.862 bits per heavy atom. The van der Waals surface area contributed by atoms with Crippen LogP contribution in [0.3, 0.4) is 0 Å². The standard InChI is InChI=1S/C24H19NO2S2/c26-23-22(29-24(28)25(23)16-18-9-3-1-4-10-18)15-20-13-7-8-14-21(20)27-17-19-11-5-2-6-12-19/h1-15H,16-17H2/b22-15+. The van der Waals surface area contributed by atoms with Crippen LogP contribution in [-0.4, -0.2) is 15.1 Å². The number of rotatable bonds is 6. The third kappa shape index (κ3) is 4.75. The topological polar surface area (TPSA) is 29.5 Å². The number of ether oxygens (including phenoxy) is 1. The minimum absolute atomic E-state index is 0.0679. The highest BCUT2D eigenvalue weighted by molar-refractivity contribution is 8.26. The van der Waals surface area contributed by atoms with E-state index in [1.807, 2.05) is 91.0 Å². The summed E-state index contributed by atoms with van der Waals surface area (Å²) in [7, 11) is 0. The van der Waals surface area contributed by atoms with Crippen LogP contribution in [-0.2, 0) is 17.9 Å². The Kier molecular flexibility index (Phi) is 6.08. The van der Waals surface area contributed by atoms with Gasteiger partial charge in [0.1, 0.15) is 16.7 Å². The van der Waals surface area contributed by atoms with Crippen LogP contribution in [0.1, 0.15) is 16.7 Å². The molecule has 0 radical (unpaired) electrons. The Labute approximate surface area is 180 Å². The van der Waals surface area contributed by atoms with Gasteiger partial charge in [-0.05, 0) is 23.3 Å². The van der Waals surface area contributed by atoms with E-state index in [1.165, 1.54) is 11.8 Å². The highest BCUT2D eigenvalue weighted by Crippen LogP contribution is 2.35. The number of carbonyl (C=O) groups is 1. The zero-order valence-electron chi connectivity index (χ0n) is 15.7. The summed E-state index contributed by atoms with van der Waals surface area (Å²) in [6, 6.07) is 27.6. The van der Waals surface area contributed by atoms with Crippen molar-refractivity contribution in [3.05, 3.63) is 107 Å². The van der Waals surface area contributed by atoms with Crippen LogP contribution >= 0.6 is 24.0 Å². The van der Waals surface area contributed by atoms with Gasteiger partial charge in [-0.1, -0.05) is 103 Å². The molecule has 144 valence electrons. The number of hydrogen-bond acceptors (Lipinski definition) is 4. The molecular formula is C24H19NO2S2. The van der Waals surface area contributed by atoms with Crippen molar-refractivity contribution in [2.75, 3.05) is 0 Å². The third-order valence-corrected chi connectivity index (χ3v) is 5.88. The average Bonchev–Trinajstić information content (AvgIpc) is 3.02. The minimum Gasteiger partial charge on any atom is -0.488 e. The van der Waals surface area contributed by atoms with E-state index in [1.54, 1.807) is 4.90 Å². The molecule has 5 heteroatoms. The lowest BCUT2D eigenvalue weighted by Crippen LogP contribution is -2.27. The number of benzene rings is 3. The first-order valence-electron chi connectivity index (χ1n) is 9.26. The van der Waals surface area contributed by atoms with Crippen LogP contribution in [0.5, 0.6) is 5.75 Å². The van der Waals surface area contributed by atoms with Gasteiger partial charge in [0, 0.05) is 5.56 Å². The van der Waals surface area contributed by atoms with Crippen molar-refractivity contribution in [2.24, 2.45) is 0 Å². The lowest BCUT2D eigenvalue weighted by atomic mass is 10.1. The molecule has 1 fully saturated rings. The molecule has 1 saturated heterocycles. The van der Waals surface area contributed by atoms with Gasteiger partial charge in [-0.15, -0.1) is 0 Å². The van der Waals surface area contributed by atoms with E-state index in [9.17, 15) is 4.79 Å². The van der Waals surface area contributed by atoms with Gasteiger partial charge in [0.15, 0.2) is 0 Å². The van der Waals surface area contributed by atoms with Crippen LogP contribution in [0, 0.1) is 0 Å². The SMILES string of the molecule is O=C1/C(=C\c2ccccc2OCc2ccccc2)SC(=S)N1Cc1ccccc1. The zero-order chi connectivity index (χ0) is 20.1. The van der Waals surface area contributed by atoms with Crippen molar-refractivity contribution in [3.8, 4) is 5.75 Å². The molecule has 3 aromatic rings. The molecule has 0 spiro atoms. The van der Waals surface area contributed by atoms with Crippen molar-refractivity contribution < 1.29 is 9.53 Å². The molecule has 3 nitrogen and oxygen atoms in total. The Hall–Kier alpha value is -2.89. The molecular weight excluding hydrogens is 398 g/mol. The molecule has 1 amide bonds. The fourth-order valence-electron chi connectivity index (χ4n) is 3.01. The molecule has 3 aromatic carbocycles. The predicted molar refractivity (Wildman–Crippen MR) is 122 cm³/mol. The van der Waals surface area contributed by atoms with Crippen molar-refractivity contribution in [2.45, 2.75) is 13.2 Å². The van der Waals surface area contributed by atoms with Crippen LogP contribution in [0.2, 0.25) is 0 Å². The number of thioether (sulfide) groups is 1. The summed E-state index contributed by atoms with van der Waals surface area (Å²) in [5.74, 6) is 0.673. The fourth-order valence-corrected chi connectivity index (χ4v) is 4.26. The number of nitrogens with zero attached hydrogens (tertiary/aromatic N) is 1. The molecule has 0 aliphatic carbocycles. The van der Waals surface area contributed by atoms with E-state index in [4.69, 9.17) is 17.0 Å². The highest BCUT2D eigenvalue weighted by Gasteiger charge is 2.32. The molecule has 1 aliphatic rings. The number of amides is 1. The van der Waals surface area contributed by atoms with E-state index in [2.05, 4.69) is 0 Å². The Morgan fingerprint density at radius 2 is 1.48 bits per heavy atom. The molecule has 0 bridgehead atoms.